The van der Waals surface area contributed by atoms with E-state index in [1.807, 2.05) is 0 Å². The van der Waals surface area contributed by atoms with Gasteiger partial charge in [0.2, 0.25) is 6.29 Å². The standard InChI is InChI=1S/C18H22F3NO4/c1-2-25-17-13(4-3-9-23)14(10-15(26-17)16(22)24)11-5-7-12(8-6-11)18(19,20)21/h5-8,10,13-14,17,23H,2-4,9H2,1H3,(H2,22,24)/t13-,14+,17+/m1/s1. The number of hydrogen-bond acceptors (Lipinski definition) is 4. The van der Waals surface area contributed by atoms with Crippen LogP contribution in [0.1, 0.15) is 36.8 Å². The van der Waals surface area contributed by atoms with Gasteiger partial charge >= 0.3 is 6.18 Å². The smallest absolute Gasteiger partial charge is 0.416 e. The molecule has 0 unspecified atom stereocenters. The van der Waals surface area contributed by atoms with Gasteiger partial charge in [-0.15, -0.1) is 0 Å². The molecule has 0 aromatic heterocycles. The van der Waals surface area contributed by atoms with Gasteiger partial charge in [0.25, 0.3) is 5.91 Å². The Morgan fingerprint density at radius 3 is 2.46 bits per heavy atom. The lowest BCUT2D eigenvalue weighted by Crippen LogP contribution is -2.37. The number of allylic oxidation sites excluding steroid dienone is 1. The van der Waals surface area contributed by atoms with Gasteiger partial charge in [-0.2, -0.15) is 13.2 Å². The van der Waals surface area contributed by atoms with Crippen molar-refractivity contribution in [1.82, 2.24) is 0 Å². The van der Waals surface area contributed by atoms with E-state index in [1.165, 1.54) is 18.2 Å². The summed E-state index contributed by atoms with van der Waals surface area (Å²) in [6, 6.07) is 4.76. The van der Waals surface area contributed by atoms with Crippen molar-refractivity contribution in [1.29, 1.82) is 0 Å². The number of alkyl halides is 3. The van der Waals surface area contributed by atoms with Crippen LogP contribution in [0.2, 0.25) is 0 Å². The first-order valence-electron chi connectivity index (χ1n) is 8.35. The zero-order valence-electron chi connectivity index (χ0n) is 14.3. The first kappa shape index (κ1) is 20.3. The molecule has 2 rings (SSSR count). The van der Waals surface area contributed by atoms with E-state index in [0.717, 1.165) is 12.1 Å². The molecule has 0 aliphatic carbocycles. The van der Waals surface area contributed by atoms with E-state index in [1.54, 1.807) is 6.92 Å². The third-order valence-corrected chi connectivity index (χ3v) is 4.28. The summed E-state index contributed by atoms with van der Waals surface area (Å²) in [7, 11) is 0. The summed E-state index contributed by atoms with van der Waals surface area (Å²) in [5.41, 5.74) is 5.16. The fraction of sp³-hybridized carbons (Fsp3) is 0.500. The molecule has 0 spiro atoms. The second kappa shape index (κ2) is 8.55. The van der Waals surface area contributed by atoms with Crippen molar-refractivity contribution in [2.24, 2.45) is 11.7 Å². The molecule has 1 aromatic carbocycles. The van der Waals surface area contributed by atoms with E-state index < -0.39 is 29.9 Å². The van der Waals surface area contributed by atoms with Crippen molar-refractivity contribution < 1.29 is 32.5 Å². The van der Waals surface area contributed by atoms with Gasteiger partial charge in [-0.25, -0.2) is 0 Å². The Hall–Kier alpha value is -2.06. The van der Waals surface area contributed by atoms with Crippen LogP contribution in [0.15, 0.2) is 36.1 Å². The van der Waals surface area contributed by atoms with Crippen LogP contribution in [0, 0.1) is 5.92 Å². The van der Waals surface area contributed by atoms with Crippen molar-refractivity contribution in [3.8, 4) is 0 Å². The molecule has 0 saturated heterocycles. The summed E-state index contributed by atoms with van der Waals surface area (Å²) >= 11 is 0. The van der Waals surface area contributed by atoms with Gasteiger partial charge in [0, 0.05) is 25.0 Å². The Balaban J connectivity index is 2.40. The maximum absolute atomic E-state index is 12.8. The second-order valence-corrected chi connectivity index (χ2v) is 6.01. The number of carbonyl (C=O) groups excluding carboxylic acids is 1. The maximum Gasteiger partial charge on any atom is 0.416 e. The molecule has 8 heteroatoms. The molecule has 144 valence electrons. The van der Waals surface area contributed by atoms with Crippen molar-refractivity contribution in [2.45, 2.75) is 38.1 Å². The summed E-state index contributed by atoms with van der Waals surface area (Å²) < 4.78 is 49.5. The van der Waals surface area contributed by atoms with E-state index in [-0.39, 0.29) is 18.3 Å². The van der Waals surface area contributed by atoms with Gasteiger partial charge in [0.05, 0.1) is 5.56 Å². The zero-order valence-corrected chi connectivity index (χ0v) is 14.3. The highest BCUT2D eigenvalue weighted by Crippen LogP contribution is 2.40. The molecule has 0 fully saturated rings. The molecule has 3 atom stereocenters. The minimum atomic E-state index is -4.42. The molecule has 0 saturated carbocycles. The minimum absolute atomic E-state index is 0.0402. The molecule has 1 aliphatic rings. The fourth-order valence-corrected chi connectivity index (χ4v) is 3.05. The van der Waals surface area contributed by atoms with Crippen LogP contribution in [0.3, 0.4) is 0 Å². The van der Waals surface area contributed by atoms with Crippen LogP contribution < -0.4 is 5.73 Å². The molecule has 1 aromatic rings. The number of aliphatic hydroxyl groups is 1. The highest BCUT2D eigenvalue weighted by molar-refractivity contribution is 5.90. The summed E-state index contributed by atoms with van der Waals surface area (Å²) in [5, 5.41) is 9.14. The van der Waals surface area contributed by atoms with E-state index in [9.17, 15) is 18.0 Å². The summed E-state index contributed by atoms with van der Waals surface area (Å²) in [4.78, 5) is 11.6. The van der Waals surface area contributed by atoms with Gasteiger partial charge in [-0.1, -0.05) is 12.1 Å². The SMILES string of the molecule is CCO[C@H]1OC(C(N)=O)=C[C@@H](c2ccc(C(F)(F)F)cc2)[C@H]1CCCO. The largest absolute Gasteiger partial charge is 0.459 e. The minimum Gasteiger partial charge on any atom is -0.459 e. The summed E-state index contributed by atoms with van der Waals surface area (Å²) in [5.74, 6) is -1.54. The topological polar surface area (TPSA) is 81.8 Å². The Morgan fingerprint density at radius 1 is 1.31 bits per heavy atom. The Morgan fingerprint density at radius 2 is 1.96 bits per heavy atom. The summed E-state index contributed by atoms with van der Waals surface area (Å²) in [6.07, 6.45) is -2.70. The molecular formula is C18H22F3NO4. The molecule has 3 N–H and O–H groups in total. The highest BCUT2D eigenvalue weighted by Gasteiger charge is 2.38. The van der Waals surface area contributed by atoms with Crippen molar-refractivity contribution in [3.05, 3.63) is 47.2 Å². The number of carbonyl (C=O) groups is 1. The molecular weight excluding hydrogens is 351 g/mol. The predicted octanol–water partition coefficient (Wildman–Crippen LogP) is 2.94. The number of ether oxygens (including phenoxy) is 2. The first-order valence-corrected chi connectivity index (χ1v) is 8.35. The van der Waals surface area contributed by atoms with Crippen LogP contribution in [0.5, 0.6) is 0 Å². The second-order valence-electron chi connectivity index (χ2n) is 6.01. The van der Waals surface area contributed by atoms with Gasteiger partial charge in [-0.05, 0) is 43.5 Å². The lowest BCUT2D eigenvalue weighted by atomic mass is 9.80. The number of hydrogen-bond donors (Lipinski definition) is 2. The molecule has 0 bridgehead atoms. The van der Waals surface area contributed by atoms with Gasteiger partial charge in [-0.3, -0.25) is 4.79 Å². The number of nitrogens with two attached hydrogens (primary N) is 1. The third kappa shape index (κ3) is 4.76. The van der Waals surface area contributed by atoms with Gasteiger partial charge in [0.1, 0.15) is 0 Å². The maximum atomic E-state index is 12.8. The quantitative estimate of drug-likeness (QED) is 0.770. The van der Waals surface area contributed by atoms with Gasteiger partial charge in [0.15, 0.2) is 5.76 Å². The zero-order chi connectivity index (χ0) is 19.3. The average molecular weight is 373 g/mol. The predicted molar refractivity (Wildman–Crippen MR) is 87.8 cm³/mol. The Bertz CT molecular complexity index is 643. The molecule has 5 nitrogen and oxygen atoms in total. The summed E-state index contributed by atoms with van der Waals surface area (Å²) in [6.45, 7) is 2.05. The monoisotopic (exact) mass is 373 g/mol. The lowest BCUT2D eigenvalue weighted by molar-refractivity contribution is -0.165. The normalized spacial score (nSPS) is 23.3. The lowest BCUT2D eigenvalue weighted by Gasteiger charge is -2.36. The molecule has 1 amide bonds. The van der Waals surface area contributed by atoms with E-state index >= 15 is 0 Å². The van der Waals surface area contributed by atoms with Crippen LogP contribution >= 0.6 is 0 Å². The molecule has 1 heterocycles. The number of primary amides is 1. The van der Waals surface area contributed by atoms with Crippen molar-refractivity contribution in [2.75, 3.05) is 13.2 Å². The Labute approximate surface area is 149 Å². The number of rotatable bonds is 7. The average Bonchev–Trinajstić information content (AvgIpc) is 2.59. The number of aliphatic hydroxyl groups excluding tert-OH is 1. The first-order chi connectivity index (χ1) is 12.3. The van der Waals surface area contributed by atoms with Crippen LogP contribution in [-0.4, -0.2) is 30.5 Å². The van der Waals surface area contributed by atoms with E-state index in [0.29, 0.717) is 25.0 Å². The fourth-order valence-electron chi connectivity index (χ4n) is 3.05. The molecule has 1 aliphatic heterocycles. The van der Waals surface area contributed by atoms with E-state index in [4.69, 9.17) is 20.3 Å². The van der Waals surface area contributed by atoms with Crippen molar-refractivity contribution >= 4 is 5.91 Å². The number of amides is 1. The Kier molecular flexibility index (Phi) is 6.66. The third-order valence-electron chi connectivity index (χ3n) is 4.28. The van der Waals surface area contributed by atoms with Crippen LogP contribution in [0.4, 0.5) is 13.2 Å². The van der Waals surface area contributed by atoms with Gasteiger partial charge < -0.3 is 20.3 Å². The van der Waals surface area contributed by atoms with Crippen LogP contribution in [-0.2, 0) is 20.4 Å². The highest BCUT2D eigenvalue weighted by atomic mass is 19.4. The van der Waals surface area contributed by atoms with E-state index in [2.05, 4.69) is 0 Å². The van der Waals surface area contributed by atoms with Crippen molar-refractivity contribution in [3.63, 3.8) is 0 Å². The van der Waals surface area contributed by atoms with Crippen LogP contribution in [0.25, 0.3) is 0 Å². The number of halogens is 3. The number of benzene rings is 1. The molecule has 26 heavy (non-hydrogen) atoms. The molecule has 0 radical (unpaired) electrons.